The lowest BCUT2D eigenvalue weighted by atomic mass is 10.0. The second-order valence-electron chi connectivity index (χ2n) is 8.24. The summed E-state index contributed by atoms with van der Waals surface area (Å²) in [7, 11) is 0. The molecule has 0 saturated heterocycles. The third-order valence-corrected chi connectivity index (χ3v) is 7.24. The van der Waals surface area contributed by atoms with E-state index in [1.54, 1.807) is 20.8 Å². The Bertz CT molecular complexity index is 1520. The second-order valence-corrected chi connectivity index (χ2v) is 9.24. The second kappa shape index (κ2) is 8.64. The zero-order valence-corrected chi connectivity index (χ0v) is 19.9. The minimum Gasteiger partial charge on any atom is -0.462 e. The number of aromatic amines is 1. The monoisotopic (exact) mass is 477 g/mol. The Morgan fingerprint density at radius 2 is 1.97 bits per heavy atom. The number of H-pyrrole nitrogens is 1. The SMILES string of the molecule is CCOC(=O)c1sc2nc([C@@H](C)OC(=O)c3c4c(nc5ccccc35)CCC4)[nH]c(=O)c2c1C. The minimum absolute atomic E-state index is 0.220. The first-order chi connectivity index (χ1) is 16.4. The summed E-state index contributed by atoms with van der Waals surface area (Å²) in [5, 5.41) is 1.10. The van der Waals surface area contributed by atoms with Crippen LogP contribution in [0, 0.1) is 6.92 Å². The molecule has 5 rings (SSSR count). The van der Waals surface area contributed by atoms with Gasteiger partial charge in [-0.25, -0.2) is 14.6 Å². The first kappa shape index (κ1) is 22.2. The number of nitrogens with one attached hydrogen (secondary N) is 1. The Balaban J connectivity index is 1.50. The summed E-state index contributed by atoms with van der Waals surface area (Å²) in [6.07, 6.45) is 1.75. The molecule has 0 bridgehead atoms. The van der Waals surface area contributed by atoms with Crippen LogP contribution in [0.2, 0.25) is 0 Å². The van der Waals surface area contributed by atoms with Crippen molar-refractivity contribution in [2.45, 2.75) is 46.1 Å². The number of nitrogens with zero attached hydrogens (tertiary/aromatic N) is 2. The normalized spacial score (nSPS) is 13.7. The number of aromatic nitrogens is 3. The molecule has 0 radical (unpaired) electrons. The van der Waals surface area contributed by atoms with E-state index in [4.69, 9.17) is 14.5 Å². The molecule has 3 aromatic heterocycles. The maximum atomic E-state index is 13.3. The first-order valence-electron chi connectivity index (χ1n) is 11.2. The molecule has 9 heteroatoms. The average molecular weight is 478 g/mol. The molecule has 0 saturated carbocycles. The van der Waals surface area contributed by atoms with Gasteiger partial charge >= 0.3 is 11.9 Å². The quantitative estimate of drug-likeness (QED) is 0.423. The molecule has 174 valence electrons. The Morgan fingerprint density at radius 1 is 1.18 bits per heavy atom. The fraction of sp³-hybridized carbons (Fsp3) is 0.320. The molecule has 1 atom stereocenters. The van der Waals surface area contributed by atoms with Crippen LogP contribution in [0.1, 0.15) is 69.0 Å². The van der Waals surface area contributed by atoms with Gasteiger partial charge in [0.25, 0.3) is 5.56 Å². The van der Waals surface area contributed by atoms with Gasteiger partial charge in [-0.05, 0) is 57.2 Å². The number of hydrogen-bond acceptors (Lipinski definition) is 8. The number of aryl methyl sites for hydroxylation is 2. The first-order valence-corrected chi connectivity index (χ1v) is 12.0. The number of para-hydroxylation sites is 1. The topological polar surface area (TPSA) is 111 Å². The van der Waals surface area contributed by atoms with Crippen LogP contribution in [-0.2, 0) is 22.3 Å². The van der Waals surface area contributed by atoms with E-state index in [0.29, 0.717) is 26.2 Å². The minimum atomic E-state index is -0.804. The molecular weight excluding hydrogens is 454 g/mol. The number of pyridine rings is 1. The maximum Gasteiger partial charge on any atom is 0.348 e. The van der Waals surface area contributed by atoms with Gasteiger partial charge in [0.05, 0.1) is 23.1 Å². The Labute approximate surface area is 199 Å². The Hall–Kier alpha value is -3.59. The molecule has 8 nitrogen and oxygen atoms in total. The van der Waals surface area contributed by atoms with Crippen LogP contribution in [-0.4, -0.2) is 33.5 Å². The molecule has 0 fully saturated rings. The highest BCUT2D eigenvalue weighted by Crippen LogP contribution is 2.32. The highest BCUT2D eigenvalue weighted by molar-refractivity contribution is 7.20. The van der Waals surface area contributed by atoms with Crippen LogP contribution in [0.5, 0.6) is 0 Å². The van der Waals surface area contributed by atoms with Crippen molar-refractivity contribution in [1.82, 2.24) is 15.0 Å². The molecule has 0 unspecified atom stereocenters. The fourth-order valence-corrected chi connectivity index (χ4v) is 5.55. The predicted molar refractivity (Wildman–Crippen MR) is 129 cm³/mol. The summed E-state index contributed by atoms with van der Waals surface area (Å²) < 4.78 is 10.9. The Morgan fingerprint density at radius 3 is 2.76 bits per heavy atom. The number of carbonyl (C=O) groups excluding carboxylic acids is 2. The summed E-state index contributed by atoms with van der Waals surface area (Å²) in [4.78, 5) is 51.1. The van der Waals surface area contributed by atoms with E-state index in [-0.39, 0.29) is 18.0 Å². The summed E-state index contributed by atoms with van der Waals surface area (Å²) in [5.41, 5.74) is 3.30. The number of fused-ring (bicyclic) bond motifs is 3. The lowest BCUT2D eigenvalue weighted by molar-refractivity contribution is 0.0320. The molecule has 1 aliphatic carbocycles. The van der Waals surface area contributed by atoms with Crippen LogP contribution >= 0.6 is 11.3 Å². The summed E-state index contributed by atoms with van der Waals surface area (Å²) >= 11 is 1.10. The molecular formula is C25H23N3O5S. The fourth-order valence-electron chi connectivity index (χ4n) is 4.46. The van der Waals surface area contributed by atoms with Gasteiger partial charge in [-0.1, -0.05) is 18.2 Å². The van der Waals surface area contributed by atoms with E-state index >= 15 is 0 Å². The summed E-state index contributed by atoms with van der Waals surface area (Å²) in [5.74, 6) is -0.735. The van der Waals surface area contributed by atoms with Crippen molar-refractivity contribution in [2.75, 3.05) is 6.61 Å². The Kier molecular flexibility index (Phi) is 5.65. The van der Waals surface area contributed by atoms with Gasteiger partial charge in [-0.3, -0.25) is 9.78 Å². The van der Waals surface area contributed by atoms with Gasteiger partial charge in [0.15, 0.2) is 11.9 Å². The summed E-state index contributed by atoms with van der Waals surface area (Å²) in [6.45, 7) is 5.32. The van der Waals surface area contributed by atoms with Crippen molar-refractivity contribution in [3.63, 3.8) is 0 Å². The number of benzene rings is 1. The van der Waals surface area contributed by atoms with E-state index < -0.39 is 18.0 Å². The van der Waals surface area contributed by atoms with Crippen molar-refractivity contribution in [1.29, 1.82) is 0 Å². The molecule has 0 amide bonds. The molecule has 3 heterocycles. The third kappa shape index (κ3) is 3.66. The van der Waals surface area contributed by atoms with Gasteiger partial charge < -0.3 is 14.5 Å². The average Bonchev–Trinajstić information content (AvgIpc) is 3.41. The number of rotatable bonds is 5. The van der Waals surface area contributed by atoms with E-state index in [1.807, 2.05) is 24.3 Å². The molecule has 1 aromatic carbocycles. The largest absolute Gasteiger partial charge is 0.462 e. The van der Waals surface area contributed by atoms with Gasteiger partial charge in [-0.2, -0.15) is 0 Å². The standard InChI is InChI=1S/C25H23N3O5S/c1-4-32-25(31)20-12(2)18-22(29)27-21(28-23(18)34-20)13(3)33-24(30)19-14-8-5-6-10-16(14)26-17-11-7-9-15(17)19/h5-6,8,10,13H,4,7,9,11H2,1-3H3,(H,27,28,29)/t13-/m1/s1. The van der Waals surface area contributed by atoms with Crippen LogP contribution in [0.25, 0.3) is 21.1 Å². The highest BCUT2D eigenvalue weighted by Gasteiger charge is 2.27. The lowest BCUT2D eigenvalue weighted by Crippen LogP contribution is -2.18. The zero-order valence-electron chi connectivity index (χ0n) is 19.1. The van der Waals surface area contributed by atoms with Crippen molar-refractivity contribution >= 4 is 44.4 Å². The molecule has 0 spiro atoms. The van der Waals surface area contributed by atoms with Crippen LogP contribution in [0.3, 0.4) is 0 Å². The summed E-state index contributed by atoms with van der Waals surface area (Å²) in [6, 6.07) is 7.53. The highest BCUT2D eigenvalue weighted by atomic mass is 32.1. The molecule has 0 aliphatic heterocycles. The van der Waals surface area contributed by atoms with Gasteiger partial charge in [0.1, 0.15) is 9.71 Å². The zero-order chi connectivity index (χ0) is 24.0. The van der Waals surface area contributed by atoms with Crippen LogP contribution < -0.4 is 5.56 Å². The van der Waals surface area contributed by atoms with Crippen molar-refractivity contribution in [3.05, 3.63) is 67.7 Å². The van der Waals surface area contributed by atoms with Crippen molar-refractivity contribution in [2.24, 2.45) is 0 Å². The van der Waals surface area contributed by atoms with Crippen LogP contribution in [0.15, 0.2) is 29.1 Å². The molecule has 1 aliphatic rings. The third-order valence-electron chi connectivity index (χ3n) is 6.07. The number of hydrogen-bond donors (Lipinski definition) is 1. The van der Waals surface area contributed by atoms with E-state index in [0.717, 1.165) is 52.8 Å². The van der Waals surface area contributed by atoms with Gasteiger partial charge in [-0.15, -0.1) is 11.3 Å². The molecule has 4 aromatic rings. The van der Waals surface area contributed by atoms with E-state index in [2.05, 4.69) is 9.97 Å². The maximum absolute atomic E-state index is 13.3. The van der Waals surface area contributed by atoms with Gasteiger partial charge in [0.2, 0.25) is 0 Å². The van der Waals surface area contributed by atoms with Crippen molar-refractivity contribution < 1.29 is 19.1 Å². The number of thiophene rings is 1. The predicted octanol–water partition coefficient (Wildman–Crippen LogP) is 4.42. The van der Waals surface area contributed by atoms with Gasteiger partial charge in [0, 0.05) is 11.1 Å². The molecule has 34 heavy (non-hydrogen) atoms. The number of carbonyl (C=O) groups is 2. The van der Waals surface area contributed by atoms with E-state index in [9.17, 15) is 14.4 Å². The lowest BCUT2D eigenvalue weighted by Gasteiger charge is -2.16. The van der Waals surface area contributed by atoms with Crippen LogP contribution in [0.4, 0.5) is 0 Å². The number of esters is 2. The van der Waals surface area contributed by atoms with Crippen molar-refractivity contribution in [3.8, 4) is 0 Å². The van der Waals surface area contributed by atoms with E-state index in [1.165, 1.54) is 0 Å². The number of ether oxygens (including phenoxy) is 2. The smallest absolute Gasteiger partial charge is 0.348 e. The molecule has 1 N–H and O–H groups in total.